The second kappa shape index (κ2) is 12.2. The number of esters is 2. The number of carbonyl (C=O) groups is 3. The van der Waals surface area contributed by atoms with Crippen molar-refractivity contribution >= 4 is 23.9 Å². The zero-order chi connectivity index (χ0) is 34.9. The fraction of sp³-hybridized carbons (Fsp3) is 0.553. The van der Waals surface area contributed by atoms with Gasteiger partial charge in [-0.25, -0.2) is 0 Å². The maximum Gasteiger partial charge on any atom is 0.416 e. The van der Waals surface area contributed by atoms with Crippen molar-refractivity contribution in [2.24, 2.45) is 11.8 Å². The second-order valence-electron chi connectivity index (χ2n) is 14.9. The molecule has 7 rings (SSSR count). The highest BCUT2D eigenvalue weighted by molar-refractivity contribution is 5.92. The van der Waals surface area contributed by atoms with Crippen molar-refractivity contribution in [2.45, 2.75) is 102 Å². The Balaban J connectivity index is 1.31. The summed E-state index contributed by atoms with van der Waals surface area (Å²) in [6, 6.07) is 7.98. The van der Waals surface area contributed by atoms with Crippen molar-refractivity contribution < 1.29 is 41.8 Å². The van der Waals surface area contributed by atoms with Gasteiger partial charge in [0, 0.05) is 38.6 Å². The van der Waals surface area contributed by atoms with E-state index >= 15 is 0 Å². The molecule has 1 amide bonds. The van der Waals surface area contributed by atoms with Crippen LogP contribution in [0.3, 0.4) is 0 Å². The number of benzene rings is 2. The molecule has 1 saturated heterocycles. The molecule has 0 N–H and O–H groups in total. The molecule has 2 aliphatic heterocycles. The largest absolute Gasteiger partial charge is 0.483 e. The Hall–Kier alpha value is -3.86. The maximum atomic E-state index is 14.2. The lowest BCUT2D eigenvalue weighted by atomic mass is 9.48. The zero-order valence-corrected chi connectivity index (χ0v) is 28.3. The monoisotopic (exact) mass is 680 g/mol. The summed E-state index contributed by atoms with van der Waals surface area (Å²) >= 11 is 0. The normalized spacial score (nSPS) is 28.6. The zero-order valence-electron chi connectivity index (χ0n) is 28.3. The molecule has 0 aromatic heterocycles. The predicted molar refractivity (Wildman–Crippen MR) is 175 cm³/mol. The SMILES string of the molecule is CC(=O)Oc1ccc2c3c1O[C@H]1[C@@H](N(CC(C)C)C(=O)C=Cc4ccc(C(F)(F)F)cc4)CC[C@@]4(OC(C)=O)[C@@H](C2)N(CC2CC2)CC[C@]314. The molecule has 262 valence electrons. The Morgan fingerprint density at radius 1 is 1.04 bits per heavy atom. The molecule has 2 saturated carbocycles. The van der Waals surface area contributed by atoms with Crippen molar-refractivity contribution in [1.29, 1.82) is 0 Å². The lowest BCUT2D eigenvalue weighted by Crippen LogP contribution is -2.79. The predicted octanol–water partition coefficient (Wildman–Crippen LogP) is 6.33. The number of hydrogen-bond acceptors (Lipinski definition) is 7. The van der Waals surface area contributed by atoms with Crippen LogP contribution in [-0.2, 0) is 37.1 Å². The fourth-order valence-electron chi connectivity index (χ4n) is 9.26. The van der Waals surface area contributed by atoms with E-state index in [0.717, 1.165) is 36.3 Å². The van der Waals surface area contributed by atoms with E-state index in [2.05, 4.69) is 4.90 Å². The first-order valence-corrected chi connectivity index (χ1v) is 17.3. The van der Waals surface area contributed by atoms with Gasteiger partial charge in [0.05, 0.1) is 23.1 Å². The second-order valence-corrected chi connectivity index (χ2v) is 14.9. The Kier molecular flexibility index (Phi) is 8.36. The van der Waals surface area contributed by atoms with E-state index < -0.39 is 40.9 Å². The van der Waals surface area contributed by atoms with Crippen LogP contribution in [0.2, 0.25) is 0 Å². The van der Waals surface area contributed by atoms with E-state index in [0.29, 0.717) is 55.2 Å². The Morgan fingerprint density at radius 2 is 1.78 bits per heavy atom. The maximum absolute atomic E-state index is 14.2. The molecule has 0 radical (unpaired) electrons. The van der Waals surface area contributed by atoms with Crippen LogP contribution in [0.25, 0.3) is 6.08 Å². The van der Waals surface area contributed by atoms with Crippen LogP contribution >= 0.6 is 0 Å². The highest BCUT2D eigenvalue weighted by atomic mass is 19.4. The number of nitrogens with zero attached hydrogens (tertiary/aromatic N) is 2. The first-order chi connectivity index (χ1) is 23.2. The van der Waals surface area contributed by atoms with Gasteiger partial charge in [-0.3, -0.25) is 19.3 Å². The molecular weight excluding hydrogens is 637 g/mol. The Bertz CT molecular complexity index is 1690. The first kappa shape index (κ1) is 33.6. The number of likely N-dealkylation sites (tertiary alicyclic amines) is 1. The van der Waals surface area contributed by atoms with Crippen molar-refractivity contribution in [3.05, 3.63) is 64.7 Å². The fourth-order valence-corrected chi connectivity index (χ4v) is 9.26. The number of piperidine rings is 1. The summed E-state index contributed by atoms with van der Waals surface area (Å²) in [5.41, 5.74) is 0.00353. The summed E-state index contributed by atoms with van der Waals surface area (Å²) in [5, 5.41) is 0. The molecule has 3 aliphatic carbocycles. The summed E-state index contributed by atoms with van der Waals surface area (Å²) < 4.78 is 58.7. The average molecular weight is 681 g/mol. The number of amides is 1. The minimum absolute atomic E-state index is 0.0790. The van der Waals surface area contributed by atoms with Crippen LogP contribution in [0.4, 0.5) is 13.2 Å². The highest BCUT2D eigenvalue weighted by Gasteiger charge is 2.76. The molecule has 49 heavy (non-hydrogen) atoms. The Morgan fingerprint density at radius 3 is 2.41 bits per heavy atom. The molecule has 2 aromatic rings. The molecule has 5 atom stereocenters. The van der Waals surface area contributed by atoms with Gasteiger partial charge in [0.15, 0.2) is 11.5 Å². The summed E-state index contributed by atoms with van der Waals surface area (Å²) in [4.78, 5) is 43.8. The standard InChI is InChI=1S/C38H43F3N2O6/c1-22(2)20-43(32(46)14-9-25-7-11-28(12-8-25)38(39,40)41)29-15-16-37(49-24(4)45)31-19-27-10-13-30(47-23(3)44)34-33(27)36(37,35(29)48-34)17-18-42(31)21-26-5-6-26/h7-14,22,26,29,31,35H,5-6,15-21H2,1-4H3/t29-,31+,35-,36-,37+/m0/s1. The first-order valence-electron chi connectivity index (χ1n) is 17.3. The lowest BCUT2D eigenvalue weighted by Gasteiger charge is -2.65. The van der Waals surface area contributed by atoms with Crippen LogP contribution in [0.5, 0.6) is 11.5 Å². The number of carbonyl (C=O) groups excluding carboxylic acids is 3. The van der Waals surface area contributed by atoms with Crippen LogP contribution < -0.4 is 9.47 Å². The van der Waals surface area contributed by atoms with Gasteiger partial charge in [0.2, 0.25) is 5.91 Å². The molecule has 2 bridgehead atoms. The topological polar surface area (TPSA) is 85.4 Å². The lowest BCUT2D eigenvalue weighted by molar-refractivity contribution is -0.224. The Labute approximate surface area is 284 Å². The van der Waals surface area contributed by atoms with Crippen LogP contribution in [0.15, 0.2) is 42.5 Å². The van der Waals surface area contributed by atoms with Crippen molar-refractivity contribution in [1.82, 2.24) is 9.80 Å². The molecule has 2 aromatic carbocycles. The molecule has 3 fully saturated rings. The van der Waals surface area contributed by atoms with Crippen molar-refractivity contribution in [3.63, 3.8) is 0 Å². The van der Waals surface area contributed by atoms with E-state index in [-0.39, 0.29) is 23.8 Å². The number of halogens is 3. The summed E-state index contributed by atoms with van der Waals surface area (Å²) in [5.74, 6) is 0.394. The van der Waals surface area contributed by atoms with Gasteiger partial charge in [0.25, 0.3) is 0 Å². The molecule has 11 heteroatoms. The van der Waals surface area contributed by atoms with E-state index in [4.69, 9.17) is 14.2 Å². The van der Waals surface area contributed by atoms with Gasteiger partial charge in [-0.15, -0.1) is 0 Å². The van der Waals surface area contributed by atoms with Gasteiger partial charge >= 0.3 is 18.1 Å². The minimum atomic E-state index is -4.45. The van der Waals surface area contributed by atoms with E-state index in [1.54, 1.807) is 6.07 Å². The van der Waals surface area contributed by atoms with E-state index in [9.17, 15) is 27.6 Å². The van der Waals surface area contributed by atoms with Crippen LogP contribution in [-0.4, -0.2) is 71.1 Å². The molecular formula is C38H43F3N2O6. The minimum Gasteiger partial charge on any atom is -0.483 e. The van der Waals surface area contributed by atoms with Crippen LogP contribution in [0.1, 0.15) is 82.1 Å². The van der Waals surface area contributed by atoms with Gasteiger partial charge in [0.1, 0.15) is 11.7 Å². The third-order valence-electron chi connectivity index (χ3n) is 11.2. The van der Waals surface area contributed by atoms with Gasteiger partial charge in [-0.2, -0.15) is 13.2 Å². The van der Waals surface area contributed by atoms with E-state index in [1.807, 2.05) is 24.8 Å². The third-order valence-corrected chi connectivity index (χ3v) is 11.2. The number of alkyl halides is 3. The van der Waals surface area contributed by atoms with Gasteiger partial charge in [-0.05, 0) is 92.3 Å². The number of hydrogen-bond donors (Lipinski definition) is 0. The molecule has 5 aliphatic rings. The summed E-state index contributed by atoms with van der Waals surface area (Å²) in [7, 11) is 0. The van der Waals surface area contributed by atoms with E-state index in [1.165, 1.54) is 51.0 Å². The smallest absolute Gasteiger partial charge is 0.416 e. The summed E-state index contributed by atoms with van der Waals surface area (Å²) in [6.07, 6.45) is 2.62. The third kappa shape index (κ3) is 5.71. The molecule has 2 heterocycles. The molecule has 1 spiro atoms. The molecule has 8 nitrogen and oxygen atoms in total. The van der Waals surface area contributed by atoms with Gasteiger partial charge < -0.3 is 19.1 Å². The van der Waals surface area contributed by atoms with Crippen molar-refractivity contribution in [2.75, 3.05) is 19.6 Å². The number of rotatable bonds is 9. The highest BCUT2D eigenvalue weighted by Crippen LogP contribution is 2.67. The van der Waals surface area contributed by atoms with Crippen LogP contribution in [0, 0.1) is 11.8 Å². The van der Waals surface area contributed by atoms with Gasteiger partial charge in [-0.1, -0.05) is 32.0 Å². The quantitative estimate of drug-likeness (QED) is 0.174. The van der Waals surface area contributed by atoms with Crippen molar-refractivity contribution in [3.8, 4) is 11.5 Å². The summed E-state index contributed by atoms with van der Waals surface area (Å²) in [6.45, 7) is 8.98. The average Bonchev–Trinajstić information content (AvgIpc) is 3.77. The molecule has 0 unspecified atom stereocenters. The number of ether oxygens (including phenoxy) is 3.